The predicted octanol–water partition coefficient (Wildman–Crippen LogP) is 19.5. The lowest BCUT2D eigenvalue weighted by molar-refractivity contribution is 0.670. The number of para-hydroxylation sites is 1. The van der Waals surface area contributed by atoms with Crippen LogP contribution in [0.4, 0.5) is 17.1 Å². The van der Waals surface area contributed by atoms with E-state index in [4.69, 9.17) is 4.42 Å². The lowest BCUT2D eigenvalue weighted by Crippen LogP contribution is -2.11. The molecule has 0 unspecified atom stereocenters. The van der Waals surface area contributed by atoms with Gasteiger partial charge in [-0.3, -0.25) is 0 Å². The molecule has 0 bridgehead atoms. The Kier molecular flexibility index (Phi) is 9.25. The van der Waals surface area contributed by atoms with Crippen LogP contribution in [0.3, 0.4) is 0 Å². The Hall–Kier alpha value is -9.24. The number of hydrogen-bond acceptors (Lipinski definition) is 2. The van der Waals surface area contributed by atoms with E-state index in [0.29, 0.717) is 0 Å². The summed E-state index contributed by atoms with van der Waals surface area (Å²) >= 11 is 0. The molecule has 2 nitrogen and oxygen atoms in total. The van der Waals surface area contributed by atoms with Crippen molar-refractivity contribution in [2.45, 2.75) is 0 Å². The van der Waals surface area contributed by atoms with E-state index in [0.717, 1.165) is 61.1 Å². The Balaban J connectivity index is 0.933. The summed E-state index contributed by atoms with van der Waals surface area (Å²) in [6.45, 7) is 0. The summed E-state index contributed by atoms with van der Waals surface area (Å²) in [5.74, 6) is 0. The van der Waals surface area contributed by atoms with Crippen LogP contribution in [0, 0.1) is 0 Å². The standard InChI is InChI=1S/C68H43NO/c1-2-15-47(16-3-1)63-43-55-19-8-9-20-59(55)66-62-23-12-24-65(67(62)70-68(63)66)69(64-38-37-58(60-21-10-11-22-61(60)64)56-32-26-45-14-5-7-18-49(45)42-56)57-35-33-46(34-36-57)50-28-29-53-41-54(31-30-52(53)40-50)51-27-25-44-13-4-6-17-48(44)39-51/h1-43H. The van der Waals surface area contributed by atoms with Crippen LogP contribution in [0.15, 0.2) is 265 Å². The highest BCUT2D eigenvalue weighted by Gasteiger charge is 2.24. The Morgan fingerprint density at radius 3 is 1.43 bits per heavy atom. The molecule has 14 rings (SSSR count). The van der Waals surface area contributed by atoms with E-state index in [1.165, 1.54) is 76.3 Å². The van der Waals surface area contributed by atoms with Gasteiger partial charge in [0.15, 0.2) is 5.58 Å². The average molecular weight is 890 g/mol. The van der Waals surface area contributed by atoms with Crippen LogP contribution in [0.5, 0.6) is 0 Å². The molecule has 0 N–H and O–H groups in total. The first kappa shape index (κ1) is 39.9. The third-order valence-corrected chi connectivity index (χ3v) is 14.4. The van der Waals surface area contributed by atoms with Crippen LogP contribution in [0.25, 0.3) is 120 Å². The molecular formula is C68H43NO. The quantitative estimate of drug-likeness (QED) is 0.159. The van der Waals surface area contributed by atoms with Gasteiger partial charge in [0.05, 0.1) is 11.4 Å². The first-order chi connectivity index (χ1) is 34.7. The first-order valence-electron chi connectivity index (χ1n) is 24.1. The Bertz CT molecular complexity index is 4350. The van der Waals surface area contributed by atoms with E-state index >= 15 is 0 Å². The van der Waals surface area contributed by atoms with Crippen LogP contribution in [0.2, 0.25) is 0 Å². The lowest BCUT2D eigenvalue weighted by Gasteiger charge is -2.28. The van der Waals surface area contributed by atoms with E-state index in [9.17, 15) is 0 Å². The summed E-state index contributed by atoms with van der Waals surface area (Å²) in [6, 6.07) is 95.0. The minimum atomic E-state index is 0.843. The Labute approximate surface area is 405 Å². The molecule has 0 saturated carbocycles. The summed E-state index contributed by atoms with van der Waals surface area (Å²) in [7, 11) is 0. The molecule has 14 aromatic rings. The van der Waals surface area contributed by atoms with Gasteiger partial charge < -0.3 is 9.32 Å². The van der Waals surface area contributed by atoms with Gasteiger partial charge in [-0.05, 0) is 142 Å². The van der Waals surface area contributed by atoms with Crippen LogP contribution >= 0.6 is 0 Å². The lowest BCUT2D eigenvalue weighted by atomic mass is 9.94. The van der Waals surface area contributed by atoms with Crippen molar-refractivity contribution in [2.75, 3.05) is 4.90 Å². The monoisotopic (exact) mass is 889 g/mol. The highest BCUT2D eigenvalue weighted by Crippen LogP contribution is 2.49. The number of rotatable bonds is 7. The maximum atomic E-state index is 7.29. The molecule has 70 heavy (non-hydrogen) atoms. The molecule has 0 aliphatic carbocycles. The molecule has 1 aromatic heterocycles. The van der Waals surface area contributed by atoms with Gasteiger partial charge in [0.25, 0.3) is 0 Å². The van der Waals surface area contributed by atoms with Gasteiger partial charge in [-0.1, -0.05) is 206 Å². The molecule has 1 heterocycles. The minimum Gasteiger partial charge on any atom is -0.453 e. The smallest absolute Gasteiger partial charge is 0.159 e. The molecular weight excluding hydrogens is 847 g/mol. The van der Waals surface area contributed by atoms with Crippen molar-refractivity contribution < 1.29 is 4.42 Å². The van der Waals surface area contributed by atoms with Crippen molar-refractivity contribution in [3.8, 4) is 44.5 Å². The highest BCUT2D eigenvalue weighted by atomic mass is 16.3. The van der Waals surface area contributed by atoms with Crippen LogP contribution in [-0.2, 0) is 0 Å². The summed E-state index contributed by atoms with van der Waals surface area (Å²) in [5.41, 5.74) is 14.2. The zero-order chi connectivity index (χ0) is 46.1. The Morgan fingerprint density at radius 1 is 0.243 bits per heavy atom. The summed E-state index contributed by atoms with van der Waals surface area (Å²) in [4.78, 5) is 2.40. The maximum absolute atomic E-state index is 7.29. The third kappa shape index (κ3) is 6.64. The van der Waals surface area contributed by atoms with Gasteiger partial charge in [0, 0.05) is 27.4 Å². The fraction of sp³-hybridized carbons (Fsp3) is 0. The fourth-order valence-electron chi connectivity index (χ4n) is 10.9. The Morgan fingerprint density at radius 2 is 0.743 bits per heavy atom. The van der Waals surface area contributed by atoms with E-state index in [-0.39, 0.29) is 0 Å². The molecule has 13 aromatic carbocycles. The number of hydrogen-bond donors (Lipinski definition) is 0. The van der Waals surface area contributed by atoms with Crippen molar-refractivity contribution in [2.24, 2.45) is 0 Å². The molecule has 0 amide bonds. The zero-order valence-electron chi connectivity index (χ0n) is 38.2. The molecule has 0 saturated heterocycles. The predicted molar refractivity (Wildman–Crippen MR) is 298 cm³/mol. The van der Waals surface area contributed by atoms with Crippen molar-refractivity contribution in [1.82, 2.24) is 0 Å². The first-order valence-corrected chi connectivity index (χ1v) is 24.1. The SMILES string of the molecule is c1ccc(-c2cc3ccccc3c3c2oc2c(N(c4ccc(-c5ccc6cc(-c7ccc8ccccc8c7)ccc6c5)cc4)c4ccc(-c5ccc6ccccc6c5)c5ccccc45)cccc23)cc1. The minimum absolute atomic E-state index is 0.843. The molecule has 326 valence electrons. The maximum Gasteiger partial charge on any atom is 0.159 e. The van der Waals surface area contributed by atoms with E-state index in [1.54, 1.807) is 0 Å². The van der Waals surface area contributed by atoms with Gasteiger partial charge in [0.2, 0.25) is 0 Å². The van der Waals surface area contributed by atoms with Gasteiger partial charge in [0.1, 0.15) is 5.58 Å². The number of benzene rings is 13. The third-order valence-electron chi connectivity index (χ3n) is 14.4. The summed E-state index contributed by atoms with van der Waals surface area (Å²) in [5, 5.41) is 14.3. The zero-order valence-corrected chi connectivity index (χ0v) is 38.2. The number of nitrogens with zero attached hydrogens (tertiary/aromatic N) is 1. The second kappa shape index (κ2) is 16.2. The molecule has 0 aliphatic heterocycles. The fourth-order valence-corrected chi connectivity index (χ4v) is 10.9. The number of anilines is 3. The van der Waals surface area contributed by atoms with E-state index < -0.39 is 0 Å². The molecule has 0 spiro atoms. The molecule has 2 heteroatoms. The van der Waals surface area contributed by atoms with Crippen molar-refractivity contribution in [3.05, 3.63) is 261 Å². The van der Waals surface area contributed by atoms with Crippen LogP contribution in [-0.4, -0.2) is 0 Å². The van der Waals surface area contributed by atoms with Crippen LogP contribution in [0.1, 0.15) is 0 Å². The van der Waals surface area contributed by atoms with Gasteiger partial charge in [-0.15, -0.1) is 0 Å². The molecule has 0 fully saturated rings. The second-order valence-electron chi connectivity index (χ2n) is 18.4. The van der Waals surface area contributed by atoms with Crippen molar-refractivity contribution in [1.29, 1.82) is 0 Å². The van der Waals surface area contributed by atoms with Gasteiger partial charge >= 0.3 is 0 Å². The molecule has 0 radical (unpaired) electrons. The van der Waals surface area contributed by atoms with Gasteiger partial charge in [-0.25, -0.2) is 0 Å². The van der Waals surface area contributed by atoms with Gasteiger partial charge in [-0.2, -0.15) is 0 Å². The number of furan rings is 1. The van der Waals surface area contributed by atoms with E-state index in [1.807, 2.05) is 0 Å². The molecule has 0 aliphatic rings. The summed E-state index contributed by atoms with van der Waals surface area (Å²) in [6.07, 6.45) is 0. The topological polar surface area (TPSA) is 16.4 Å². The van der Waals surface area contributed by atoms with Crippen molar-refractivity contribution >= 4 is 92.9 Å². The largest absolute Gasteiger partial charge is 0.453 e. The normalized spacial score (nSPS) is 11.7. The van der Waals surface area contributed by atoms with E-state index in [2.05, 4.69) is 266 Å². The average Bonchev–Trinajstić information content (AvgIpc) is 3.84. The van der Waals surface area contributed by atoms with Crippen LogP contribution < -0.4 is 4.90 Å². The summed E-state index contributed by atoms with van der Waals surface area (Å²) < 4.78 is 7.29. The van der Waals surface area contributed by atoms with Crippen molar-refractivity contribution in [3.63, 3.8) is 0 Å². The number of fused-ring (bicyclic) bond motifs is 9. The second-order valence-corrected chi connectivity index (χ2v) is 18.4. The molecule has 0 atom stereocenters. The highest BCUT2D eigenvalue weighted by molar-refractivity contribution is 6.24.